The van der Waals surface area contributed by atoms with Crippen molar-refractivity contribution in [2.24, 2.45) is 5.73 Å². The van der Waals surface area contributed by atoms with Crippen LogP contribution in [0.2, 0.25) is 0 Å². The highest BCUT2D eigenvalue weighted by atomic mass is 16.5. The molecule has 3 heteroatoms. The van der Waals surface area contributed by atoms with Crippen molar-refractivity contribution in [2.45, 2.75) is 32.4 Å². The van der Waals surface area contributed by atoms with E-state index in [-0.39, 0.29) is 6.04 Å². The fraction of sp³-hybridized carbons (Fsp3) is 0.278. The second-order valence-electron chi connectivity index (χ2n) is 5.55. The van der Waals surface area contributed by atoms with Gasteiger partial charge in [0.15, 0.2) is 0 Å². The fourth-order valence-corrected chi connectivity index (χ4v) is 2.81. The van der Waals surface area contributed by atoms with E-state index in [9.17, 15) is 0 Å². The molecule has 3 rings (SSSR count). The number of rotatable bonds is 3. The van der Waals surface area contributed by atoms with Gasteiger partial charge in [0, 0.05) is 6.04 Å². The molecular weight excluding hydrogens is 260 g/mol. The number of nitrogens with zero attached hydrogens (tertiary/aromatic N) is 1. The van der Waals surface area contributed by atoms with E-state index in [0.29, 0.717) is 12.2 Å². The molecule has 1 aliphatic carbocycles. The highest BCUT2D eigenvalue weighted by Crippen LogP contribution is 2.32. The van der Waals surface area contributed by atoms with Crippen molar-refractivity contribution in [1.82, 2.24) is 0 Å². The molecule has 3 nitrogen and oxygen atoms in total. The maximum absolute atomic E-state index is 8.88. The van der Waals surface area contributed by atoms with Crippen LogP contribution in [0, 0.1) is 18.3 Å². The lowest BCUT2D eigenvalue weighted by molar-refractivity contribution is 0.305. The van der Waals surface area contributed by atoms with E-state index < -0.39 is 0 Å². The number of hydrogen-bond acceptors (Lipinski definition) is 3. The van der Waals surface area contributed by atoms with Gasteiger partial charge >= 0.3 is 0 Å². The third-order valence-electron chi connectivity index (χ3n) is 4.10. The molecule has 0 saturated carbocycles. The lowest BCUT2D eigenvalue weighted by atomic mass is 10.1. The van der Waals surface area contributed by atoms with Gasteiger partial charge in [0.25, 0.3) is 0 Å². The molecule has 2 aromatic carbocycles. The first-order valence-corrected chi connectivity index (χ1v) is 7.18. The van der Waals surface area contributed by atoms with E-state index in [1.54, 1.807) is 0 Å². The Kier molecular flexibility index (Phi) is 3.64. The molecule has 21 heavy (non-hydrogen) atoms. The van der Waals surface area contributed by atoms with Crippen LogP contribution in [0.4, 0.5) is 0 Å². The van der Waals surface area contributed by atoms with Crippen molar-refractivity contribution in [3.63, 3.8) is 0 Å². The molecule has 0 unspecified atom stereocenters. The minimum atomic E-state index is 0.176. The number of ether oxygens (including phenoxy) is 1. The predicted octanol–water partition coefficient (Wildman–Crippen LogP) is 3.39. The van der Waals surface area contributed by atoms with E-state index in [1.165, 1.54) is 11.1 Å². The van der Waals surface area contributed by atoms with Crippen LogP contribution in [0.15, 0.2) is 36.4 Å². The second-order valence-corrected chi connectivity index (χ2v) is 5.55. The number of nitriles is 1. The zero-order valence-corrected chi connectivity index (χ0v) is 12.1. The summed E-state index contributed by atoms with van der Waals surface area (Å²) in [6.45, 7) is 2.52. The molecule has 0 radical (unpaired) electrons. The van der Waals surface area contributed by atoms with Crippen LogP contribution in [0.3, 0.4) is 0 Å². The molecule has 0 aliphatic heterocycles. The lowest BCUT2D eigenvalue weighted by Crippen LogP contribution is -2.05. The number of nitrogens with two attached hydrogens (primary N) is 1. The topological polar surface area (TPSA) is 59.0 Å². The average Bonchev–Trinajstić information content (AvgIpc) is 2.87. The van der Waals surface area contributed by atoms with Crippen LogP contribution in [0.1, 0.15) is 40.3 Å². The summed E-state index contributed by atoms with van der Waals surface area (Å²) in [4.78, 5) is 0. The minimum Gasteiger partial charge on any atom is -0.489 e. The standard InChI is InChI=1S/C18H18N2O/c1-12-8-13(10-19)2-3-15(12)11-21-16-5-6-17-14(9-16)4-7-18(17)20/h2-3,5-6,8-9,18H,4,7,11,20H2,1H3/t18-/m0/s1. The molecule has 2 aromatic rings. The number of hydrogen-bond donors (Lipinski definition) is 1. The van der Waals surface area contributed by atoms with Gasteiger partial charge in [-0.25, -0.2) is 0 Å². The van der Waals surface area contributed by atoms with Crippen molar-refractivity contribution in [2.75, 3.05) is 0 Å². The van der Waals surface area contributed by atoms with Crippen LogP contribution in [-0.2, 0) is 13.0 Å². The number of aryl methyl sites for hydroxylation is 2. The van der Waals surface area contributed by atoms with Gasteiger partial charge in [-0.3, -0.25) is 0 Å². The van der Waals surface area contributed by atoms with E-state index in [0.717, 1.165) is 29.7 Å². The van der Waals surface area contributed by atoms with Gasteiger partial charge in [0.05, 0.1) is 11.6 Å². The van der Waals surface area contributed by atoms with Gasteiger partial charge in [-0.2, -0.15) is 5.26 Å². The number of fused-ring (bicyclic) bond motifs is 1. The van der Waals surface area contributed by atoms with Crippen molar-refractivity contribution >= 4 is 0 Å². The van der Waals surface area contributed by atoms with Gasteiger partial charge in [0.2, 0.25) is 0 Å². The lowest BCUT2D eigenvalue weighted by Gasteiger charge is -2.11. The molecule has 0 bridgehead atoms. The summed E-state index contributed by atoms with van der Waals surface area (Å²) in [5.41, 5.74) is 11.5. The molecule has 0 fully saturated rings. The highest BCUT2D eigenvalue weighted by molar-refractivity contribution is 5.41. The zero-order chi connectivity index (χ0) is 14.8. The smallest absolute Gasteiger partial charge is 0.120 e. The molecule has 0 aromatic heterocycles. The van der Waals surface area contributed by atoms with E-state index in [1.807, 2.05) is 31.2 Å². The molecule has 0 saturated heterocycles. The first-order chi connectivity index (χ1) is 10.2. The molecular formula is C18H18N2O. The van der Waals surface area contributed by atoms with Crippen LogP contribution < -0.4 is 10.5 Å². The first kappa shape index (κ1) is 13.7. The first-order valence-electron chi connectivity index (χ1n) is 7.18. The van der Waals surface area contributed by atoms with Crippen LogP contribution in [-0.4, -0.2) is 0 Å². The molecule has 2 N–H and O–H groups in total. The zero-order valence-electron chi connectivity index (χ0n) is 12.1. The Morgan fingerprint density at radius 1 is 1.29 bits per heavy atom. The van der Waals surface area contributed by atoms with Crippen molar-refractivity contribution < 1.29 is 4.74 Å². The average molecular weight is 278 g/mol. The molecule has 0 spiro atoms. The van der Waals surface area contributed by atoms with Gasteiger partial charge in [-0.15, -0.1) is 0 Å². The third kappa shape index (κ3) is 2.76. The maximum Gasteiger partial charge on any atom is 0.120 e. The van der Waals surface area contributed by atoms with Gasteiger partial charge in [0.1, 0.15) is 12.4 Å². The molecule has 106 valence electrons. The summed E-state index contributed by atoms with van der Waals surface area (Å²) in [7, 11) is 0. The van der Waals surface area contributed by atoms with Gasteiger partial charge in [-0.1, -0.05) is 12.1 Å². The van der Waals surface area contributed by atoms with E-state index >= 15 is 0 Å². The molecule has 1 aliphatic rings. The quantitative estimate of drug-likeness (QED) is 0.936. The Morgan fingerprint density at radius 3 is 2.90 bits per heavy atom. The summed E-state index contributed by atoms with van der Waals surface area (Å²) in [6.07, 6.45) is 2.05. The fourth-order valence-electron chi connectivity index (χ4n) is 2.81. The third-order valence-corrected chi connectivity index (χ3v) is 4.10. The highest BCUT2D eigenvalue weighted by Gasteiger charge is 2.19. The summed E-state index contributed by atoms with van der Waals surface area (Å²) in [5, 5.41) is 8.88. The molecule has 0 heterocycles. The molecule has 1 atom stereocenters. The SMILES string of the molecule is Cc1cc(C#N)ccc1COc1ccc2c(c1)CC[C@@H]2N. The van der Waals surface area contributed by atoms with Crippen molar-refractivity contribution in [3.8, 4) is 11.8 Å². The van der Waals surface area contributed by atoms with Gasteiger partial charge < -0.3 is 10.5 Å². The van der Waals surface area contributed by atoms with Crippen LogP contribution >= 0.6 is 0 Å². The Bertz CT molecular complexity index is 716. The second kappa shape index (κ2) is 5.59. The van der Waals surface area contributed by atoms with Crippen molar-refractivity contribution in [3.05, 3.63) is 64.2 Å². The largest absolute Gasteiger partial charge is 0.489 e. The number of benzene rings is 2. The van der Waals surface area contributed by atoms with Gasteiger partial charge in [-0.05, 0) is 66.3 Å². The van der Waals surface area contributed by atoms with E-state index in [4.69, 9.17) is 15.7 Å². The van der Waals surface area contributed by atoms with Crippen LogP contribution in [0.25, 0.3) is 0 Å². The Balaban J connectivity index is 1.72. The monoisotopic (exact) mass is 278 g/mol. The van der Waals surface area contributed by atoms with E-state index in [2.05, 4.69) is 18.2 Å². The Labute approximate surface area is 125 Å². The Hall–Kier alpha value is -2.31. The molecule has 0 amide bonds. The summed E-state index contributed by atoms with van der Waals surface area (Å²) in [5.74, 6) is 0.881. The summed E-state index contributed by atoms with van der Waals surface area (Å²) in [6, 6.07) is 14.2. The minimum absolute atomic E-state index is 0.176. The van der Waals surface area contributed by atoms with Crippen LogP contribution in [0.5, 0.6) is 5.75 Å². The summed E-state index contributed by atoms with van der Waals surface area (Å²) >= 11 is 0. The maximum atomic E-state index is 8.88. The van der Waals surface area contributed by atoms with Crippen molar-refractivity contribution in [1.29, 1.82) is 5.26 Å². The predicted molar refractivity (Wildman–Crippen MR) is 81.9 cm³/mol. The normalized spacial score (nSPS) is 16.3. The Morgan fingerprint density at radius 2 is 2.14 bits per heavy atom. The summed E-state index contributed by atoms with van der Waals surface area (Å²) < 4.78 is 5.88.